The molecule has 0 atom stereocenters. The van der Waals surface area contributed by atoms with Gasteiger partial charge in [0, 0.05) is 55.6 Å². The Bertz CT molecular complexity index is 381. The molecule has 0 spiro atoms. The number of piperazine rings is 1. The van der Waals surface area contributed by atoms with Gasteiger partial charge in [0.05, 0.1) is 0 Å². The fourth-order valence-corrected chi connectivity index (χ4v) is 3.75. The van der Waals surface area contributed by atoms with E-state index in [1.807, 2.05) is 11.3 Å². The van der Waals surface area contributed by atoms with Crippen LogP contribution < -0.4 is 5.32 Å². The smallest absolute Gasteiger partial charge is 0.0329 e. The Morgan fingerprint density at radius 3 is 2.40 bits per heavy atom. The molecule has 1 aliphatic heterocycles. The highest BCUT2D eigenvalue weighted by atomic mass is 32.1. The van der Waals surface area contributed by atoms with Crippen molar-refractivity contribution in [2.24, 2.45) is 5.92 Å². The first kappa shape index (κ1) is 16.0. The summed E-state index contributed by atoms with van der Waals surface area (Å²) in [5, 5.41) is 3.40. The molecule has 0 saturated carbocycles. The minimum absolute atomic E-state index is 0.785. The maximum atomic E-state index is 3.40. The predicted octanol–water partition coefficient (Wildman–Crippen LogP) is 2.63. The van der Waals surface area contributed by atoms with Crippen LogP contribution >= 0.6 is 11.3 Å². The lowest BCUT2D eigenvalue weighted by Crippen LogP contribution is -2.46. The van der Waals surface area contributed by atoms with Gasteiger partial charge in [0.1, 0.15) is 0 Å². The topological polar surface area (TPSA) is 18.5 Å². The minimum atomic E-state index is 0.785. The Morgan fingerprint density at radius 1 is 1.10 bits per heavy atom. The lowest BCUT2D eigenvalue weighted by Gasteiger charge is -2.35. The van der Waals surface area contributed by atoms with Gasteiger partial charge in [-0.1, -0.05) is 20.8 Å². The van der Waals surface area contributed by atoms with Gasteiger partial charge in [0.2, 0.25) is 0 Å². The monoisotopic (exact) mass is 295 g/mol. The second kappa shape index (κ2) is 8.13. The average Bonchev–Trinajstić information content (AvgIpc) is 2.86. The lowest BCUT2D eigenvalue weighted by atomic mass is 10.2. The first-order valence-corrected chi connectivity index (χ1v) is 8.72. The van der Waals surface area contributed by atoms with Crippen LogP contribution in [0.25, 0.3) is 0 Å². The van der Waals surface area contributed by atoms with Crippen molar-refractivity contribution in [3.63, 3.8) is 0 Å². The molecule has 0 unspecified atom stereocenters. The number of hydrogen-bond acceptors (Lipinski definition) is 4. The quantitative estimate of drug-likeness (QED) is 0.834. The van der Waals surface area contributed by atoms with E-state index in [4.69, 9.17) is 0 Å². The summed E-state index contributed by atoms with van der Waals surface area (Å²) in [5.74, 6) is 0.785. The molecule has 20 heavy (non-hydrogen) atoms. The molecular formula is C16H29N3S. The molecule has 0 bridgehead atoms. The fraction of sp³-hybridized carbons (Fsp3) is 0.750. The minimum Gasteiger partial charge on any atom is -0.312 e. The second-order valence-corrected chi connectivity index (χ2v) is 7.37. The van der Waals surface area contributed by atoms with E-state index in [0.717, 1.165) is 25.6 Å². The van der Waals surface area contributed by atoms with E-state index in [-0.39, 0.29) is 0 Å². The van der Waals surface area contributed by atoms with Crippen molar-refractivity contribution >= 4 is 11.3 Å². The Morgan fingerprint density at radius 2 is 1.75 bits per heavy atom. The molecule has 1 N–H and O–H groups in total. The molecule has 1 fully saturated rings. The molecule has 1 aromatic heterocycles. The van der Waals surface area contributed by atoms with Crippen LogP contribution in [0.3, 0.4) is 0 Å². The third-order valence-electron chi connectivity index (χ3n) is 3.73. The zero-order chi connectivity index (χ0) is 14.4. The van der Waals surface area contributed by atoms with Crippen LogP contribution in [-0.4, -0.2) is 49.1 Å². The molecule has 0 aromatic carbocycles. The summed E-state index contributed by atoms with van der Waals surface area (Å²) in [4.78, 5) is 8.17. The van der Waals surface area contributed by atoms with Crippen LogP contribution in [-0.2, 0) is 13.1 Å². The van der Waals surface area contributed by atoms with Gasteiger partial charge in [-0.25, -0.2) is 0 Å². The van der Waals surface area contributed by atoms with Gasteiger partial charge in [0.25, 0.3) is 0 Å². The van der Waals surface area contributed by atoms with Gasteiger partial charge in [0.15, 0.2) is 0 Å². The molecule has 3 nitrogen and oxygen atoms in total. The molecule has 1 aliphatic rings. The Balaban J connectivity index is 1.73. The number of thiophene rings is 1. The van der Waals surface area contributed by atoms with Crippen molar-refractivity contribution in [2.45, 2.75) is 33.9 Å². The van der Waals surface area contributed by atoms with Crippen molar-refractivity contribution < 1.29 is 0 Å². The van der Waals surface area contributed by atoms with Crippen LogP contribution in [0.15, 0.2) is 12.1 Å². The highest BCUT2D eigenvalue weighted by molar-refractivity contribution is 7.11. The van der Waals surface area contributed by atoms with E-state index >= 15 is 0 Å². The predicted molar refractivity (Wildman–Crippen MR) is 88.3 cm³/mol. The highest BCUT2D eigenvalue weighted by Gasteiger charge is 2.17. The van der Waals surface area contributed by atoms with Crippen LogP contribution in [0.5, 0.6) is 0 Å². The summed E-state index contributed by atoms with van der Waals surface area (Å²) < 4.78 is 0. The van der Waals surface area contributed by atoms with Crippen molar-refractivity contribution in [3.8, 4) is 0 Å². The average molecular weight is 295 g/mol. The SMILES string of the molecule is CCNCc1ccc(CN2CCN(CC(C)C)CC2)s1. The van der Waals surface area contributed by atoms with E-state index in [1.54, 1.807) is 0 Å². The van der Waals surface area contributed by atoms with Crippen LogP contribution in [0.4, 0.5) is 0 Å². The first-order chi connectivity index (χ1) is 9.67. The van der Waals surface area contributed by atoms with Crippen molar-refractivity contribution in [1.29, 1.82) is 0 Å². The van der Waals surface area contributed by atoms with E-state index in [1.165, 1.54) is 42.5 Å². The summed E-state index contributed by atoms with van der Waals surface area (Å²) in [7, 11) is 0. The molecule has 1 aromatic rings. The van der Waals surface area contributed by atoms with Crippen LogP contribution in [0.1, 0.15) is 30.5 Å². The van der Waals surface area contributed by atoms with Gasteiger partial charge in [-0.05, 0) is 24.6 Å². The summed E-state index contributed by atoms with van der Waals surface area (Å²) in [6.45, 7) is 16.1. The second-order valence-electron chi connectivity index (χ2n) is 6.12. The number of nitrogens with zero attached hydrogens (tertiary/aromatic N) is 2. The maximum absolute atomic E-state index is 3.40. The Kier molecular flexibility index (Phi) is 6.49. The zero-order valence-electron chi connectivity index (χ0n) is 13.2. The molecule has 2 heterocycles. The Hall–Kier alpha value is -0.420. The zero-order valence-corrected chi connectivity index (χ0v) is 14.0. The molecular weight excluding hydrogens is 266 g/mol. The number of nitrogens with one attached hydrogen (secondary N) is 1. The molecule has 0 aliphatic carbocycles. The molecule has 1 saturated heterocycles. The summed E-state index contributed by atoms with van der Waals surface area (Å²) in [5.41, 5.74) is 0. The third-order valence-corrected chi connectivity index (χ3v) is 4.80. The van der Waals surface area contributed by atoms with Crippen molar-refractivity contribution in [3.05, 3.63) is 21.9 Å². The van der Waals surface area contributed by atoms with Gasteiger partial charge in [-0.15, -0.1) is 11.3 Å². The Labute approximate surface area is 128 Å². The lowest BCUT2D eigenvalue weighted by molar-refractivity contribution is 0.118. The highest BCUT2D eigenvalue weighted by Crippen LogP contribution is 2.19. The summed E-state index contributed by atoms with van der Waals surface area (Å²) >= 11 is 1.96. The number of hydrogen-bond donors (Lipinski definition) is 1. The molecule has 2 rings (SSSR count). The molecule has 4 heteroatoms. The molecule has 0 amide bonds. The normalized spacial score (nSPS) is 18.0. The maximum Gasteiger partial charge on any atom is 0.0329 e. The van der Waals surface area contributed by atoms with E-state index < -0.39 is 0 Å². The fourth-order valence-electron chi connectivity index (χ4n) is 2.72. The van der Waals surface area contributed by atoms with E-state index in [9.17, 15) is 0 Å². The van der Waals surface area contributed by atoms with Crippen molar-refractivity contribution in [2.75, 3.05) is 39.3 Å². The third kappa shape index (κ3) is 5.17. The standard InChI is InChI=1S/C16H29N3S/c1-4-17-11-15-5-6-16(20-15)13-19-9-7-18(8-10-19)12-14(2)3/h5-6,14,17H,4,7-13H2,1-3H3. The molecule has 0 radical (unpaired) electrons. The molecule has 114 valence electrons. The summed E-state index contributed by atoms with van der Waals surface area (Å²) in [6.07, 6.45) is 0. The largest absolute Gasteiger partial charge is 0.312 e. The van der Waals surface area contributed by atoms with Crippen LogP contribution in [0.2, 0.25) is 0 Å². The van der Waals surface area contributed by atoms with Crippen LogP contribution in [0, 0.1) is 5.92 Å². The van der Waals surface area contributed by atoms with Gasteiger partial charge < -0.3 is 10.2 Å². The van der Waals surface area contributed by atoms with Gasteiger partial charge >= 0.3 is 0 Å². The van der Waals surface area contributed by atoms with Gasteiger partial charge in [-0.3, -0.25) is 4.90 Å². The first-order valence-electron chi connectivity index (χ1n) is 7.90. The van der Waals surface area contributed by atoms with Gasteiger partial charge in [-0.2, -0.15) is 0 Å². The van der Waals surface area contributed by atoms with Crippen molar-refractivity contribution in [1.82, 2.24) is 15.1 Å². The van der Waals surface area contributed by atoms with E-state index in [0.29, 0.717) is 0 Å². The van der Waals surface area contributed by atoms with E-state index in [2.05, 4.69) is 48.0 Å². The summed E-state index contributed by atoms with van der Waals surface area (Å²) in [6, 6.07) is 4.58. The number of rotatable bonds is 7.